The van der Waals surface area contributed by atoms with Gasteiger partial charge < -0.3 is 9.72 Å². The number of pyridine rings is 2. The topological polar surface area (TPSA) is 72.8 Å². The van der Waals surface area contributed by atoms with Gasteiger partial charge in [0.15, 0.2) is 0 Å². The molecular weight excluding hydrogens is 411 g/mol. The van der Waals surface area contributed by atoms with E-state index in [1.165, 1.54) is 19.3 Å². The highest BCUT2D eigenvalue weighted by Crippen LogP contribution is 2.32. The molecule has 3 aromatic heterocycles. The first-order valence-electron chi connectivity index (χ1n) is 9.52. The SMILES string of the molecule is Cc1nn(-c2cc(OCC3CCC3)ccc2Cl)c2c1c(=O)[nH]c1ccc(Cl)nc12. The molecule has 8 heteroatoms. The lowest BCUT2D eigenvalue weighted by molar-refractivity contribution is 0.180. The summed E-state index contributed by atoms with van der Waals surface area (Å²) in [7, 11) is 0. The smallest absolute Gasteiger partial charge is 0.259 e. The summed E-state index contributed by atoms with van der Waals surface area (Å²) in [5, 5.41) is 5.89. The fourth-order valence-electron chi connectivity index (χ4n) is 3.71. The van der Waals surface area contributed by atoms with Gasteiger partial charge in [0.25, 0.3) is 5.56 Å². The third kappa shape index (κ3) is 3.16. The van der Waals surface area contributed by atoms with E-state index in [1.807, 2.05) is 12.1 Å². The number of aromatic nitrogens is 4. The third-order valence-electron chi connectivity index (χ3n) is 5.48. The molecule has 148 valence electrons. The van der Waals surface area contributed by atoms with Gasteiger partial charge in [-0.2, -0.15) is 5.10 Å². The molecule has 0 saturated heterocycles. The number of H-pyrrole nitrogens is 1. The Morgan fingerprint density at radius 3 is 2.83 bits per heavy atom. The van der Waals surface area contributed by atoms with E-state index in [0.29, 0.717) is 56.0 Å². The van der Waals surface area contributed by atoms with Crippen LogP contribution in [0.3, 0.4) is 0 Å². The number of fused-ring (bicyclic) bond motifs is 3. The minimum atomic E-state index is -0.228. The van der Waals surface area contributed by atoms with Crippen molar-refractivity contribution in [3.8, 4) is 11.4 Å². The zero-order chi connectivity index (χ0) is 20.1. The van der Waals surface area contributed by atoms with Crippen molar-refractivity contribution in [2.24, 2.45) is 5.92 Å². The fourth-order valence-corrected chi connectivity index (χ4v) is 4.06. The lowest BCUT2D eigenvalue weighted by Gasteiger charge is -2.25. The standard InChI is InChI=1S/C21H18Cl2N4O2/c1-11-18-20(19-15(24-21(18)28)7-8-17(23)25-19)27(26-11)16-9-13(5-6-14(16)22)29-10-12-3-2-4-12/h5-9,12H,2-4,10H2,1H3,(H,24,28). The van der Waals surface area contributed by atoms with E-state index in [-0.39, 0.29) is 5.56 Å². The zero-order valence-electron chi connectivity index (χ0n) is 15.7. The second-order valence-electron chi connectivity index (χ2n) is 7.43. The predicted molar refractivity (Wildman–Crippen MR) is 115 cm³/mol. The second kappa shape index (κ2) is 7.04. The van der Waals surface area contributed by atoms with E-state index >= 15 is 0 Å². The number of nitrogens with one attached hydrogen (secondary N) is 1. The van der Waals surface area contributed by atoms with Crippen molar-refractivity contribution in [2.45, 2.75) is 26.2 Å². The van der Waals surface area contributed by atoms with Gasteiger partial charge in [0.05, 0.1) is 33.9 Å². The van der Waals surface area contributed by atoms with Crippen molar-refractivity contribution in [1.29, 1.82) is 0 Å². The number of halogens is 2. The monoisotopic (exact) mass is 428 g/mol. The average molecular weight is 429 g/mol. The quantitative estimate of drug-likeness (QED) is 0.461. The molecule has 1 aromatic carbocycles. The molecule has 1 saturated carbocycles. The second-order valence-corrected chi connectivity index (χ2v) is 8.22. The van der Waals surface area contributed by atoms with Crippen molar-refractivity contribution in [2.75, 3.05) is 6.61 Å². The molecule has 0 spiro atoms. The van der Waals surface area contributed by atoms with Gasteiger partial charge in [0.2, 0.25) is 0 Å². The summed E-state index contributed by atoms with van der Waals surface area (Å²) in [6.07, 6.45) is 3.70. The highest BCUT2D eigenvalue weighted by atomic mass is 35.5. The third-order valence-corrected chi connectivity index (χ3v) is 6.01. The van der Waals surface area contributed by atoms with Gasteiger partial charge in [-0.05, 0) is 49.9 Å². The normalized spacial score (nSPS) is 14.4. The van der Waals surface area contributed by atoms with Gasteiger partial charge in [0, 0.05) is 6.07 Å². The van der Waals surface area contributed by atoms with Gasteiger partial charge in [-0.25, -0.2) is 9.67 Å². The maximum atomic E-state index is 12.7. The Labute approximate surface area is 176 Å². The van der Waals surface area contributed by atoms with Crippen LogP contribution in [0.5, 0.6) is 5.75 Å². The Hall–Kier alpha value is -2.57. The molecule has 0 bridgehead atoms. The van der Waals surface area contributed by atoms with Crippen LogP contribution >= 0.6 is 23.2 Å². The molecule has 0 aliphatic heterocycles. The number of aromatic amines is 1. The highest BCUT2D eigenvalue weighted by molar-refractivity contribution is 6.32. The molecule has 1 aliphatic rings. The van der Waals surface area contributed by atoms with Crippen LogP contribution < -0.4 is 10.3 Å². The van der Waals surface area contributed by atoms with Gasteiger partial charge in [-0.3, -0.25) is 4.79 Å². The summed E-state index contributed by atoms with van der Waals surface area (Å²) in [6.45, 7) is 2.48. The number of hydrogen-bond donors (Lipinski definition) is 1. The number of rotatable bonds is 4. The minimum absolute atomic E-state index is 0.228. The average Bonchev–Trinajstić information content (AvgIpc) is 3.00. The molecule has 0 amide bonds. The molecule has 0 unspecified atom stereocenters. The highest BCUT2D eigenvalue weighted by Gasteiger charge is 2.21. The number of hydrogen-bond acceptors (Lipinski definition) is 4. The van der Waals surface area contributed by atoms with Gasteiger partial charge in [-0.15, -0.1) is 0 Å². The molecule has 29 heavy (non-hydrogen) atoms. The first-order valence-corrected chi connectivity index (χ1v) is 10.3. The summed E-state index contributed by atoms with van der Waals surface area (Å²) in [5.74, 6) is 1.34. The van der Waals surface area contributed by atoms with Gasteiger partial charge >= 0.3 is 0 Å². The number of benzene rings is 1. The van der Waals surface area contributed by atoms with Crippen molar-refractivity contribution < 1.29 is 4.74 Å². The first-order chi connectivity index (χ1) is 14.0. The molecule has 5 rings (SSSR count). The zero-order valence-corrected chi connectivity index (χ0v) is 17.2. The Balaban J connectivity index is 1.71. The Kier molecular flexibility index (Phi) is 4.48. The molecule has 3 heterocycles. The van der Waals surface area contributed by atoms with Crippen LogP contribution in [0.1, 0.15) is 25.0 Å². The van der Waals surface area contributed by atoms with E-state index in [4.69, 9.17) is 27.9 Å². The van der Waals surface area contributed by atoms with Gasteiger partial charge in [0.1, 0.15) is 21.9 Å². The molecule has 6 nitrogen and oxygen atoms in total. The molecule has 4 aromatic rings. The molecule has 1 aliphatic carbocycles. The van der Waals surface area contributed by atoms with E-state index in [1.54, 1.807) is 29.8 Å². The maximum Gasteiger partial charge on any atom is 0.259 e. The van der Waals surface area contributed by atoms with E-state index in [9.17, 15) is 4.79 Å². The van der Waals surface area contributed by atoms with Crippen LogP contribution in [-0.2, 0) is 0 Å². The predicted octanol–water partition coefficient (Wildman–Crippen LogP) is 5.06. The first kappa shape index (κ1) is 18.5. The summed E-state index contributed by atoms with van der Waals surface area (Å²) in [6, 6.07) is 8.86. The summed E-state index contributed by atoms with van der Waals surface area (Å²) in [4.78, 5) is 20.0. The van der Waals surface area contributed by atoms with Crippen LogP contribution in [0.15, 0.2) is 35.1 Å². The lowest BCUT2D eigenvalue weighted by Crippen LogP contribution is -2.19. The van der Waals surface area contributed by atoms with Crippen LogP contribution in [-0.4, -0.2) is 26.4 Å². The minimum Gasteiger partial charge on any atom is -0.493 e. The Bertz CT molecular complexity index is 1310. The van der Waals surface area contributed by atoms with Crippen molar-refractivity contribution in [1.82, 2.24) is 19.7 Å². The largest absolute Gasteiger partial charge is 0.493 e. The maximum absolute atomic E-state index is 12.7. The van der Waals surface area contributed by atoms with Gasteiger partial charge in [-0.1, -0.05) is 29.6 Å². The van der Waals surface area contributed by atoms with E-state index in [0.717, 1.165) is 5.75 Å². The number of aryl methyl sites for hydroxylation is 1. The van der Waals surface area contributed by atoms with E-state index in [2.05, 4.69) is 15.1 Å². The molecule has 1 N–H and O–H groups in total. The molecule has 0 radical (unpaired) electrons. The van der Waals surface area contributed by atoms with Crippen molar-refractivity contribution in [3.63, 3.8) is 0 Å². The summed E-state index contributed by atoms with van der Waals surface area (Å²) < 4.78 is 7.63. The molecular formula is C21H18Cl2N4O2. The Morgan fingerprint density at radius 2 is 2.07 bits per heavy atom. The number of nitrogens with zero attached hydrogens (tertiary/aromatic N) is 3. The van der Waals surface area contributed by atoms with Crippen LogP contribution in [0.2, 0.25) is 10.2 Å². The molecule has 0 atom stereocenters. The Morgan fingerprint density at radius 1 is 1.24 bits per heavy atom. The molecule has 1 fully saturated rings. The summed E-state index contributed by atoms with van der Waals surface area (Å²) >= 11 is 12.6. The fraction of sp³-hybridized carbons (Fsp3) is 0.286. The van der Waals surface area contributed by atoms with Crippen LogP contribution in [0, 0.1) is 12.8 Å². The van der Waals surface area contributed by atoms with Crippen LogP contribution in [0.25, 0.3) is 27.6 Å². The summed E-state index contributed by atoms with van der Waals surface area (Å²) in [5.41, 5.74) is 2.70. The number of ether oxygens (including phenoxy) is 1. The lowest BCUT2D eigenvalue weighted by atomic mass is 9.86. The van der Waals surface area contributed by atoms with Crippen LogP contribution in [0.4, 0.5) is 0 Å². The van der Waals surface area contributed by atoms with Crippen molar-refractivity contribution in [3.05, 3.63) is 56.6 Å². The van der Waals surface area contributed by atoms with Crippen molar-refractivity contribution >= 4 is 45.1 Å². The van der Waals surface area contributed by atoms with E-state index < -0.39 is 0 Å².